The van der Waals surface area contributed by atoms with E-state index in [9.17, 15) is 4.79 Å². The second-order valence-electron chi connectivity index (χ2n) is 8.45. The van der Waals surface area contributed by atoms with Gasteiger partial charge in [0.2, 0.25) is 0 Å². The summed E-state index contributed by atoms with van der Waals surface area (Å²) in [6.45, 7) is 7.31. The van der Waals surface area contributed by atoms with Crippen LogP contribution in [0.5, 0.6) is 0 Å². The lowest BCUT2D eigenvalue weighted by Gasteiger charge is -2.38. The molecule has 2 heterocycles. The molecule has 0 radical (unpaired) electrons. The molecule has 1 N–H and O–H groups in total. The molecule has 0 unspecified atom stereocenters. The number of urea groups is 1. The van der Waals surface area contributed by atoms with E-state index < -0.39 is 0 Å². The highest BCUT2D eigenvalue weighted by Crippen LogP contribution is 2.47. The van der Waals surface area contributed by atoms with Gasteiger partial charge in [0.15, 0.2) is 0 Å². The van der Waals surface area contributed by atoms with Gasteiger partial charge in [0, 0.05) is 38.8 Å². The van der Waals surface area contributed by atoms with Gasteiger partial charge in [-0.1, -0.05) is 30.7 Å². The van der Waals surface area contributed by atoms with Crippen LogP contribution in [-0.4, -0.2) is 48.1 Å². The summed E-state index contributed by atoms with van der Waals surface area (Å²) in [6, 6.07) is 9.17. The van der Waals surface area contributed by atoms with Crippen molar-refractivity contribution >= 4 is 6.03 Å². The Bertz CT molecular complexity index is 617. The van der Waals surface area contributed by atoms with Crippen LogP contribution in [0.2, 0.25) is 0 Å². The van der Waals surface area contributed by atoms with Gasteiger partial charge >= 0.3 is 6.03 Å². The van der Waals surface area contributed by atoms with Crippen LogP contribution in [0, 0.1) is 12.3 Å². The van der Waals surface area contributed by atoms with Crippen molar-refractivity contribution in [1.82, 2.24) is 15.1 Å². The van der Waals surface area contributed by atoms with Crippen molar-refractivity contribution in [3.05, 3.63) is 35.4 Å². The van der Waals surface area contributed by atoms with E-state index in [1.807, 2.05) is 0 Å². The van der Waals surface area contributed by atoms with Crippen LogP contribution in [0.15, 0.2) is 24.3 Å². The van der Waals surface area contributed by atoms with Gasteiger partial charge in [-0.25, -0.2) is 4.79 Å². The van der Waals surface area contributed by atoms with E-state index in [1.165, 1.54) is 36.8 Å². The van der Waals surface area contributed by atoms with Gasteiger partial charge in [-0.2, -0.15) is 0 Å². The van der Waals surface area contributed by atoms with Crippen LogP contribution in [0.4, 0.5) is 4.79 Å². The predicted molar refractivity (Wildman–Crippen MR) is 100 cm³/mol. The van der Waals surface area contributed by atoms with E-state index in [0.717, 1.165) is 45.6 Å². The van der Waals surface area contributed by atoms with Crippen molar-refractivity contribution < 1.29 is 4.79 Å². The molecule has 2 aliphatic heterocycles. The van der Waals surface area contributed by atoms with Crippen molar-refractivity contribution in [3.8, 4) is 0 Å². The maximum absolute atomic E-state index is 12.6. The van der Waals surface area contributed by atoms with Crippen LogP contribution >= 0.6 is 0 Å². The van der Waals surface area contributed by atoms with E-state index in [2.05, 4.69) is 46.3 Å². The minimum atomic E-state index is 0.182. The van der Waals surface area contributed by atoms with E-state index in [1.54, 1.807) is 0 Å². The lowest BCUT2D eigenvalue weighted by molar-refractivity contribution is 0.137. The predicted octanol–water partition coefficient (Wildman–Crippen LogP) is 3.55. The number of hydrogen-bond donors (Lipinski definition) is 1. The molecular weight excluding hydrogens is 310 g/mol. The Morgan fingerprint density at radius 1 is 1.16 bits per heavy atom. The second kappa shape index (κ2) is 6.99. The van der Waals surface area contributed by atoms with E-state index >= 15 is 0 Å². The molecule has 25 heavy (non-hydrogen) atoms. The number of aryl methyl sites for hydroxylation is 1. The van der Waals surface area contributed by atoms with Crippen LogP contribution in [0.3, 0.4) is 0 Å². The lowest BCUT2D eigenvalue weighted by atomic mass is 9.68. The lowest BCUT2D eigenvalue weighted by Crippen LogP contribution is -2.49. The molecule has 1 aromatic rings. The number of rotatable bonds is 3. The van der Waals surface area contributed by atoms with Crippen molar-refractivity contribution in [2.45, 2.75) is 58.0 Å². The zero-order valence-corrected chi connectivity index (χ0v) is 15.5. The first-order valence-corrected chi connectivity index (χ1v) is 9.96. The molecule has 3 fully saturated rings. The number of carbonyl (C=O) groups excluding carboxylic acids is 1. The molecule has 0 bridgehead atoms. The number of amides is 2. The summed E-state index contributed by atoms with van der Waals surface area (Å²) in [5.74, 6) is 0. The molecule has 1 saturated carbocycles. The molecule has 1 aliphatic carbocycles. The molecule has 4 heteroatoms. The molecular formula is C21H31N3O. The first-order chi connectivity index (χ1) is 12.1. The number of likely N-dealkylation sites (tertiary alicyclic amines) is 2. The maximum atomic E-state index is 12.6. The smallest absolute Gasteiger partial charge is 0.317 e. The molecule has 1 spiro atoms. The molecule has 0 atom stereocenters. The fraction of sp³-hybridized carbons (Fsp3) is 0.667. The van der Waals surface area contributed by atoms with Gasteiger partial charge in [0.25, 0.3) is 0 Å². The Balaban J connectivity index is 1.22. The first kappa shape index (κ1) is 16.9. The van der Waals surface area contributed by atoms with E-state index in [4.69, 9.17) is 0 Å². The second-order valence-corrected chi connectivity index (χ2v) is 8.45. The molecule has 1 aromatic carbocycles. The normalized spacial score (nSPS) is 23.6. The molecule has 2 saturated heterocycles. The largest absolute Gasteiger partial charge is 0.335 e. The quantitative estimate of drug-likeness (QED) is 0.913. The summed E-state index contributed by atoms with van der Waals surface area (Å²) in [4.78, 5) is 17.1. The Kier molecular flexibility index (Phi) is 4.72. The third-order valence-corrected chi connectivity index (χ3v) is 6.71. The van der Waals surface area contributed by atoms with Crippen molar-refractivity contribution in [3.63, 3.8) is 0 Å². The number of hydrogen-bond acceptors (Lipinski definition) is 2. The average Bonchev–Trinajstić information content (AvgIpc) is 3.05. The van der Waals surface area contributed by atoms with Crippen molar-refractivity contribution in [2.24, 2.45) is 5.41 Å². The summed E-state index contributed by atoms with van der Waals surface area (Å²) >= 11 is 0. The molecule has 3 aliphatic rings. The maximum Gasteiger partial charge on any atom is 0.317 e. The Morgan fingerprint density at radius 2 is 1.92 bits per heavy atom. The highest BCUT2D eigenvalue weighted by atomic mass is 16.2. The van der Waals surface area contributed by atoms with Gasteiger partial charge in [0.05, 0.1) is 0 Å². The third-order valence-electron chi connectivity index (χ3n) is 6.71. The third kappa shape index (κ3) is 3.69. The number of carbonyl (C=O) groups is 1. The summed E-state index contributed by atoms with van der Waals surface area (Å²) in [5.41, 5.74) is 3.29. The summed E-state index contributed by atoms with van der Waals surface area (Å²) < 4.78 is 0. The van der Waals surface area contributed by atoms with E-state index in [-0.39, 0.29) is 6.03 Å². The molecule has 2 amide bonds. The Hall–Kier alpha value is -1.55. The number of nitrogens with one attached hydrogen (secondary N) is 1. The van der Waals surface area contributed by atoms with Crippen molar-refractivity contribution in [2.75, 3.05) is 26.2 Å². The fourth-order valence-electron chi connectivity index (χ4n) is 4.72. The zero-order valence-electron chi connectivity index (χ0n) is 15.5. The minimum absolute atomic E-state index is 0.182. The standard InChI is InChI=1S/C21H31N3O/c1-17-5-2-3-6-18(17)15-23-12-7-19(8-13-23)22-20(25)24-14-11-21(16-24)9-4-10-21/h2-3,5-6,19H,4,7-16H2,1H3,(H,22,25). The van der Waals surface area contributed by atoms with Gasteiger partial charge in [-0.15, -0.1) is 0 Å². The number of benzene rings is 1. The summed E-state index contributed by atoms with van der Waals surface area (Å²) in [7, 11) is 0. The van der Waals surface area contributed by atoms with Gasteiger partial charge in [-0.3, -0.25) is 4.90 Å². The highest BCUT2D eigenvalue weighted by Gasteiger charge is 2.44. The molecule has 136 valence electrons. The minimum Gasteiger partial charge on any atom is -0.335 e. The van der Waals surface area contributed by atoms with E-state index in [0.29, 0.717) is 11.5 Å². The van der Waals surface area contributed by atoms with Crippen LogP contribution in [0.1, 0.15) is 49.7 Å². The van der Waals surface area contributed by atoms with Crippen LogP contribution in [-0.2, 0) is 6.54 Å². The first-order valence-electron chi connectivity index (χ1n) is 9.96. The Morgan fingerprint density at radius 3 is 2.56 bits per heavy atom. The molecule has 4 rings (SSSR count). The monoisotopic (exact) mass is 341 g/mol. The van der Waals surface area contributed by atoms with Crippen molar-refractivity contribution in [1.29, 1.82) is 0 Å². The number of piperidine rings is 1. The number of nitrogens with zero attached hydrogens (tertiary/aromatic N) is 2. The summed E-state index contributed by atoms with van der Waals surface area (Å²) in [6.07, 6.45) is 7.36. The average molecular weight is 341 g/mol. The fourth-order valence-corrected chi connectivity index (χ4v) is 4.72. The van der Waals surface area contributed by atoms with Crippen LogP contribution < -0.4 is 5.32 Å². The molecule has 0 aromatic heterocycles. The van der Waals surface area contributed by atoms with Crippen LogP contribution in [0.25, 0.3) is 0 Å². The topological polar surface area (TPSA) is 35.6 Å². The van der Waals surface area contributed by atoms with Gasteiger partial charge in [-0.05, 0) is 55.6 Å². The highest BCUT2D eigenvalue weighted by molar-refractivity contribution is 5.75. The summed E-state index contributed by atoms with van der Waals surface area (Å²) in [5, 5.41) is 3.30. The SMILES string of the molecule is Cc1ccccc1CN1CCC(NC(=O)N2CCC3(CCC3)C2)CC1. The Labute approximate surface area is 151 Å². The zero-order chi connectivity index (χ0) is 17.3. The van der Waals surface area contributed by atoms with Gasteiger partial charge < -0.3 is 10.2 Å². The van der Waals surface area contributed by atoms with Gasteiger partial charge in [0.1, 0.15) is 0 Å². The molecule has 4 nitrogen and oxygen atoms in total.